The molecule has 0 spiro atoms. The van der Waals surface area contributed by atoms with Crippen LogP contribution in [0, 0.1) is 5.41 Å². The second-order valence-electron chi connectivity index (χ2n) is 5.51. The maximum absolute atomic E-state index is 12.3. The summed E-state index contributed by atoms with van der Waals surface area (Å²) in [4.78, 5) is 0.0201. The molecule has 0 bridgehead atoms. The van der Waals surface area contributed by atoms with E-state index in [1.54, 1.807) is 14.2 Å². The summed E-state index contributed by atoms with van der Waals surface area (Å²) in [6.45, 7) is 3.95. The van der Waals surface area contributed by atoms with Crippen LogP contribution in [0.4, 0.5) is 5.82 Å². The average molecular weight is 288 g/mol. The molecule has 1 fully saturated rings. The van der Waals surface area contributed by atoms with E-state index >= 15 is 0 Å². The number of methoxy groups -OCH3 is 1. The standard InChI is InChI=1S/C11H20N4O3S/c1-11(2)8(5-9(11)18-4)14-19(16,17)7-6-15(3)13-10(7)12/h6,8-9,14H,5H2,1-4H3,(H2,12,13). The molecule has 1 aromatic rings. The van der Waals surface area contributed by atoms with Gasteiger partial charge in [-0.05, 0) is 6.42 Å². The normalized spacial score (nSPS) is 26.1. The number of nitrogens with zero attached hydrogens (tertiary/aromatic N) is 2. The molecule has 108 valence electrons. The first-order valence-corrected chi connectivity index (χ1v) is 7.51. The van der Waals surface area contributed by atoms with Crippen molar-refractivity contribution in [1.82, 2.24) is 14.5 Å². The highest BCUT2D eigenvalue weighted by Crippen LogP contribution is 2.43. The van der Waals surface area contributed by atoms with Gasteiger partial charge in [0.2, 0.25) is 10.0 Å². The molecule has 2 rings (SSSR count). The minimum absolute atomic E-state index is 0.00965. The van der Waals surface area contributed by atoms with Crippen LogP contribution >= 0.6 is 0 Å². The molecule has 0 saturated heterocycles. The number of aryl methyl sites for hydroxylation is 1. The molecule has 1 aromatic heterocycles. The summed E-state index contributed by atoms with van der Waals surface area (Å²) in [5, 5.41) is 3.85. The number of aromatic nitrogens is 2. The van der Waals surface area contributed by atoms with E-state index in [-0.39, 0.29) is 28.3 Å². The summed E-state index contributed by atoms with van der Waals surface area (Å²) < 4.78 is 33.9. The predicted octanol–water partition coefficient (Wildman–Crippen LogP) is 0.0941. The van der Waals surface area contributed by atoms with Gasteiger partial charge in [0.05, 0.1) is 6.10 Å². The molecule has 2 unspecified atom stereocenters. The highest BCUT2D eigenvalue weighted by molar-refractivity contribution is 7.89. The van der Waals surface area contributed by atoms with Crippen molar-refractivity contribution in [3.8, 4) is 0 Å². The van der Waals surface area contributed by atoms with Crippen LogP contribution in [-0.4, -0.2) is 37.5 Å². The van der Waals surface area contributed by atoms with Crippen molar-refractivity contribution in [1.29, 1.82) is 0 Å². The van der Waals surface area contributed by atoms with Crippen LogP contribution in [0.25, 0.3) is 0 Å². The van der Waals surface area contributed by atoms with E-state index in [0.717, 1.165) is 0 Å². The quantitative estimate of drug-likeness (QED) is 0.818. The van der Waals surface area contributed by atoms with Crippen molar-refractivity contribution in [3.05, 3.63) is 6.20 Å². The van der Waals surface area contributed by atoms with Crippen LogP contribution in [-0.2, 0) is 21.8 Å². The molecular formula is C11H20N4O3S. The van der Waals surface area contributed by atoms with E-state index in [1.807, 2.05) is 13.8 Å². The number of nitrogen functional groups attached to an aromatic ring is 1. The number of ether oxygens (including phenoxy) is 1. The van der Waals surface area contributed by atoms with Gasteiger partial charge in [-0.3, -0.25) is 4.68 Å². The maximum Gasteiger partial charge on any atom is 0.246 e. The van der Waals surface area contributed by atoms with Gasteiger partial charge in [-0.25, -0.2) is 13.1 Å². The molecule has 2 atom stereocenters. The van der Waals surface area contributed by atoms with Crippen molar-refractivity contribution in [2.75, 3.05) is 12.8 Å². The van der Waals surface area contributed by atoms with Gasteiger partial charge in [-0.2, -0.15) is 5.10 Å². The zero-order valence-corrected chi connectivity index (χ0v) is 12.4. The van der Waals surface area contributed by atoms with Crippen LogP contribution in [0.3, 0.4) is 0 Å². The zero-order valence-electron chi connectivity index (χ0n) is 11.5. The van der Waals surface area contributed by atoms with E-state index in [4.69, 9.17) is 10.5 Å². The number of nitrogens with one attached hydrogen (secondary N) is 1. The lowest BCUT2D eigenvalue weighted by molar-refractivity contribution is -0.0908. The summed E-state index contributed by atoms with van der Waals surface area (Å²) in [7, 11) is -0.383. The van der Waals surface area contributed by atoms with Crippen molar-refractivity contribution < 1.29 is 13.2 Å². The van der Waals surface area contributed by atoms with Crippen molar-refractivity contribution >= 4 is 15.8 Å². The molecule has 1 aliphatic carbocycles. The lowest BCUT2D eigenvalue weighted by atomic mass is 9.65. The summed E-state index contributed by atoms with van der Waals surface area (Å²) >= 11 is 0. The summed E-state index contributed by atoms with van der Waals surface area (Å²) in [6, 6.07) is -0.165. The van der Waals surface area contributed by atoms with E-state index in [9.17, 15) is 8.42 Å². The Morgan fingerprint density at radius 3 is 2.63 bits per heavy atom. The van der Waals surface area contributed by atoms with Gasteiger partial charge in [-0.15, -0.1) is 0 Å². The summed E-state index contributed by atoms with van der Waals surface area (Å²) in [5.41, 5.74) is 5.37. The van der Waals surface area contributed by atoms with Gasteiger partial charge in [0, 0.05) is 31.8 Å². The van der Waals surface area contributed by atoms with Crippen LogP contribution in [0.2, 0.25) is 0 Å². The first kappa shape index (κ1) is 14.3. The molecule has 1 saturated carbocycles. The predicted molar refractivity (Wildman–Crippen MR) is 70.9 cm³/mol. The molecule has 8 heteroatoms. The molecule has 0 aromatic carbocycles. The van der Waals surface area contributed by atoms with Gasteiger partial charge in [0.25, 0.3) is 0 Å². The first-order valence-electron chi connectivity index (χ1n) is 6.02. The van der Waals surface area contributed by atoms with Gasteiger partial charge < -0.3 is 10.5 Å². The van der Waals surface area contributed by atoms with Crippen molar-refractivity contribution in [2.45, 2.75) is 37.3 Å². The zero-order chi connectivity index (χ0) is 14.4. The Bertz CT molecular complexity index is 579. The highest BCUT2D eigenvalue weighted by Gasteiger charge is 2.50. The fourth-order valence-corrected chi connectivity index (χ4v) is 3.94. The van der Waals surface area contributed by atoms with Crippen LogP contribution in [0.1, 0.15) is 20.3 Å². The van der Waals surface area contributed by atoms with Crippen molar-refractivity contribution in [2.24, 2.45) is 12.5 Å². The number of nitrogens with two attached hydrogens (primary N) is 1. The number of anilines is 1. The van der Waals surface area contributed by atoms with Crippen LogP contribution < -0.4 is 10.5 Å². The number of sulfonamides is 1. The van der Waals surface area contributed by atoms with Crippen LogP contribution in [0.5, 0.6) is 0 Å². The van der Waals surface area contributed by atoms with Gasteiger partial charge in [0.15, 0.2) is 5.82 Å². The Balaban J connectivity index is 2.18. The minimum Gasteiger partial charge on any atom is -0.381 e. The van der Waals surface area contributed by atoms with Crippen LogP contribution in [0.15, 0.2) is 11.1 Å². The summed E-state index contributed by atoms with van der Waals surface area (Å²) in [5.74, 6) is 0.00965. The third-order valence-corrected chi connectivity index (χ3v) is 5.36. The Morgan fingerprint density at radius 2 is 2.21 bits per heavy atom. The third-order valence-electron chi connectivity index (χ3n) is 3.87. The van der Waals surface area contributed by atoms with Gasteiger partial charge in [0.1, 0.15) is 4.90 Å². The molecule has 0 radical (unpaired) electrons. The second kappa shape index (κ2) is 4.46. The number of hydrogen-bond donors (Lipinski definition) is 2. The number of hydrogen-bond acceptors (Lipinski definition) is 5. The molecule has 0 amide bonds. The average Bonchev–Trinajstić information content (AvgIpc) is 2.64. The fourth-order valence-electron chi connectivity index (χ4n) is 2.43. The topological polar surface area (TPSA) is 99.2 Å². The van der Waals surface area contributed by atoms with E-state index in [2.05, 4.69) is 9.82 Å². The monoisotopic (exact) mass is 288 g/mol. The lowest BCUT2D eigenvalue weighted by Gasteiger charge is -2.50. The van der Waals surface area contributed by atoms with E-state index in [0.29, 0.717) is 6.42 Å². The van der Waals surface area contributed by atoms with E-state index in [1.165, 1.54) is 10.9 Å². The smallest absolute Gasteiger partial charge is 0.246 e. The Labute approximate surface area is 113 Å². The lowest BCUT2D eigenvalue weighted by Crippen LogP contribution is -2.61. The second-order valence-corrected chi connectivity index (χ2v) is 7.19. The molecule has 1 heterocycles. The minimum atomic E-state index is -3.65. The summed E-state index contributed by atoms with van der Waals surface area (Å²) in [6.07, 6.45) is 2.12. The molecule has 3 N–H and O–H groups in total. The molecule has 19 heavy (non-hydrogen) atoms. The molecule has 7 nitrogen and oxygen atoms in total. The van der Waals surface area contributed by atoms with Crippen molar-refractivity contribution in [3.63, 3.8) is 0 Å². The SMILES string of the molecule is COC1CC(NS(=O)(=O)c2cn(C)nc2N)C1(C)C. The van der Waals surface area contributed by atoms with E-state index < -0.39 is 10.0 Å². The number of rotatable bonds is 4. The highest BCUT2D eigenvalue weighted by atomic mass is 32.2. The maximum atomic E-state index is 12.3. The fraction of sp³-hybridized carbons (Fsp3) is 0.727. The Hall–Kier alpha value is -1.12. The molecular weight excluding hydrogens is 268 g/mol. The van der Waals surface area contributed by atoms with Gasteiger partial charge >= 0.3 is 0 Å². The Kier molecular flexibility index (Phi) is 3.36. The Morgan fingerprint density at radius 1 is 1.58 bits per heavy atom. The molecule has 1 aliphatic rings. The largest absolute Gasteiger partial charge is 0.381 e. The first-order chi connectivity index (χ1) is 8.68. The molecule has 0 aliphatic heterocycles. The van der Waals surface area contributed by atoms with Gasteiger partial charge in [-0.1, -0.05) is 13.8 Å². The third kappa shape index (κ3) is 2.35.